The van der Waals surface area contributed by atoms with Crippen molar-refractivity contribution in [3.63, 3.8) is 0 Å². The van der Waals surface area contributed by atoms with Crippen LogP contribution in [0, 0.1) is 0 Å². The molecule has 6 heteroatoms. The molecule has 0 saturated heterocycles. The Morgan fingerprint density at radius 2 is 1.85 bits per heavy atom. The monoisotopic (exact) mass is 393 g/mol. The van der Waals surface area contributed by atoms with Crippen molar-refractivity contribution in [3.8, 4) is 5.75 Å². The summed E-state index contributed by atoms with van der Waals surface area (Å²) in [6, 6.07) is 12.0. The van der Waals surface area contributed by atoms with Gasteiger partial charge in [0, 0.05) is 5.02 Å². The number of fused-ring (bicyclic) bond motifs is 1. The number of ether oxygens (including phenoxy) is 1. The molecule has 1 unspecified atom stereocenters. The average molecular weight is 394 g/mol. The number of nitrogens with zero attached hydrogens (tertiary/aromatic N) is 1. The van der Waals surface area contributed by atoms with E-state index in [1.807, 2.05) is 39.0 Å². The second-order valence-electron chi connectivity index (χ2n) is 7.29. The molecule has 0 aliphatic carbocycles. The molecule has 0 radical (unpaired) electrons. The minimum atomic E-state index is -3.71. The van der Waals surface area contributed by atoms with E-state index in [9.17, 15) is 8.42 Å². The molecule has 1 heterocycles. The Bertz CT molecular complexity index is 907. The van der Waals surface area contributed by atoms with Crippen molar-refractivity contribution in [2.75, 3.05) is 10.9 Å². The fraction of sp³-hybridized carbons (Fsp3) is 0.400. The molecule has 2 aromatic carbocycles. The average Bonchev–Trinajstić information content (AvgIpc) is 2.55. The standard InChI is InChI=1S/C20H24ClNO3S/c1-5-25-16-8-11-19-18(12-16)14(2)13-20(3,4)22(19)26(23,24)17-9-6-15(21)7-10-17/h6-12,14H,5,13H2,1-4H3. The number of hydrogen-bond acceptors (Lipinski definition) is 3. The molecular formula is C20H24ClNO3S. The van der Waals surface area contributed by atoms with Crippen molar-refractivity contribution < 1.29 is 13.2 Å². The van der Waals surface area contributed by atoms with Crippen LogP contribution in [0.2, 0.25) is 5.02 Å². The summed E-state index contributed by atoms with van der Waals surface area (Å²) in [4.78, 5) is 0.240. The number of sulfonamides is 1. The summed E-state index contributed by atoms with van der Waals surface area (Å²) in [5, 5.41) is 0.511. The summed E-state index contributed by atoms with van der Waals surface area (Å²) in [6.07, 6.45) is 0.725. The quantitative estimate of drug-likeness (QED) is 0.715. The van der Waals surface area contributed by atoms with E-state index in [1.54, 1.807) is 28.6 Å². The largest absolute Gasteiger partial charge is 0.494 e. The summed E-state index contributed by atoms with van der Waals surface area (Å²) in [5.41, 5.74) is 1.16. The predicted molar refractivity (Wildman–Crippen MR) is 106 cm³/mol. The number of rotatable bonds is 4. The highest BCUT2D eigenvalue weighted by molar-refractivity contribution is 7.93. The first kappa shape index (κ1) is 19.1. The summed E-state index contributed by atoms with van der Waals surface area (Å²) >= 11 is 5.93. The van der Waals surface area contributed by atoms with Crippen molar-refractivity contribution in [2.24, 2.45) is 0 Å². The number of hydrogen-bond donors (Lipinski definition) is 0. The van der Waals surface area contributed by atoms with E-state index in [4.69, 9.17) is 16.3 Å². The van der Waals surface area contributed by atoms with Crippen LogP contribution in [0.3, 0.4) is 0 Å². The second kappa shape index (κ2) is 6.78. The highest BCUT2D eigenvalue weighted by Gasteiger charge is 2.43. The molecule has 0 fully saturated rings. The smallest absolute Gasteiger partial charge is 0.264 e. The molecule has 2 aromatic rings. The van der Waals surface area contributed by atoms with Crippen molar-refractivity contribution in [1.29, 1.82) is 0 Å². The maximum atomic E-state index is 13.4. The van der Waals surface area contributed by atoms with Gasteiger partial charge >= 0.3 is 0 Å². The van der Waals surface area contributed by atoms with E-state index in [2.05, 4.69) is 6.92 Å². The maximum Gasteiger partial charge on any atom is 0.264 e. The molecule has 1 aliphatic heterocycles. The molecule has 0 aromatic heterocycles. The zero-order valence-electron chi connectivity index (χ0n) is 15.5. The topological polar surface area (TPSA) is 46.6 Å². The van der Waals surface area contributed by atoms with E-state index >= 15 is 0 Å². The van der Waals surface area contributed by atoms with Crippen LogP contribution in [0.1, 0.15) is 45.6 Å². The Morgan fingerprint density at radius 3 is 2.46 bits per heavy atom. The van der Waals surface area contributed by atoms with Crippen molar-refractivity contribution in [3.05, 3.63) is 53.1 Å². The molecule has 4 nitrogen and oxygen atoms in total. The van der Waals surface area contributed by atoms with Gasteiger partial charge in [0.15, 0.2) is 0 Å². The third-order valence-corrected chi connectivity index (χ3v) is 7.06. The Hall–Kier alpha value is -1.72. The first-order valence-electron chi connectivity index (χ1n) is 8.74. The molecule has 1 atom stereocenters. The molecule has 1 aliphatic rings. The summed E-state index contributed by atoms with van der Waals surface area (Å²) < 4.78 is 34.0. The summed E-state index contributed by atoms with van der Waals surface area (Å²) in [6.45, 7) is 8.57. The second-order valence-corrected chi connectivity index (χ2v) is 9.52. The van der Waals surface area contributed by atoms with Gasteiger partial charge in [-0.2, -0.15) is 0 Å². The lowest BCUT2D eigenvalue weighted by molar-refractivity contribution is 0.338. The molecule has 0 saturated carbocycles. The number of benzene rings is 2. The maximum absolute atomic E-state index is 13.4. The zero-order chi connectivity index (χ0) is 19.1. The van der Waals surface area contributed by atoms with Gasteiger partial charge in [-0.3, -0.25) is 4.31 Å². The lowest BCUT2D eigenvalue weighted by Gasteiger charge is -2.46. The molecule has 3 rings (SSSR count). The summed E-state index contributed by atoms with van der Waals surface area (Å²) in [5.74, 6) is 0.999. The summed E-state index contributed by atoms with van der Waals surface area (Å²) in [7, 11) is -3.71. The van der Waals surface area contributed by atoms with Gasteiger partial charge in [0.25, 0.3) is 10.0 Å². The van der Waals surface area contributed by atoms with Gasteiger partial charge in [-0.05, 0) is 81.1 Å². The number of halogens is 1. The van der Waals surface area contributed by atoms with Gasteiger partial charge in [-0.25, -0.2) is 8.42 Å². The van der Waals surface area contributed by atoms with Crippen LogP contribution in [0.15, 0.2) is 47.4 Å². The fourth-order valence-corrected chi connectivity index (χ4v) is 5.77. The highest BCUT2D eigenvalue weighted by Crippen LogP contribution is 2.47. The van der Waals surface area contributed by atoms with Crippen LogP contribution in [-0.2, 0) is 10.0 Å². The van der Waals surface area contributed by atoms with Gasteiger partial charge in [0.2, 0.25) is 0 Å². The lowest BCUT2D eigenvalue weighted by atomic mass is 9.82. The fourth-order valence-electron chi connectivity index (χ4n) is 3.80. The van der Waals surface area contributed by atoms with Gasteiger partial charge in [0.1, 0.15) is 5.75 Å². The first-order valence-corrected chi connectivity index (χ1v) is 10.6. The highest BCUT2D eigenvalue weighted by atomic mass is 35.5. The van der Waals surface area contributed by atoms with Gasteiger partial charge in [-0.1, -0.05) is 18.5 Å². The van der Waals surface area contributed by atoms with Crippen LogP contribution in [-0.4, -0.2) is 20.6 Å². The normalized spacial score (nSPS) is 19.1. The third-order valence-electron chi connectivity index (χ3n) is 4.77. The predicted octanol–water partition coefficient (Wildman–Crippen LogP) is 5.22. The van der Waals surface area contributed by atoms with E-state index in [0.717, 1.165) is 17.7 Å². The molecular weight excluding hydrogens is 370 g/mol. The van der Waals surface area contributed by atoms with Crippen molar-refractivity contribution >= 4 is 27.3 Å². The molecule has 0 spiro atoms. The van der Waals surface area contributed by atoms with Crippen LogP contribution in [0.4, 0.5) is 5.69 Å². The minimum absolute atomic E-state index is 0.233. The van der Waals surface area contributed by atoms with Crippen LogP contribution >= 0.6 is 11.6 Å². The van der Waals surface area contributed by atoms with E-state index in [1.165, 1.54) is 0 Å². The number of anilines is 1. The Balaban J connectivity index is 2.16. The van der Waals surface area contributed by atoms with Crippen molar-refractivity contribution in [1.82, 2.24) is 0 Å². The van der Waals surface area contributed by atoms with Crippen LogP contribution < -0.4 is 9.04 Å². The zero-order valence-corrected chi connectivity index (χ0v) is 17.1. The first-order chi connectivity index (χ1) is 12.2. The Morgan fingerprint density at radius 1 is 1.19 bits per heavy atom. The van der Waals surface area contributed by atoms with Gasteiger partial charge < -0.3 is 4.74 Å². The van der Waals surface area contributed by atoms with Gasteiger partial charge in [-0.15, -0.1) is 0 Å². The van der Waals surface area contributed by atoms with E-state index in [0.29, 0.717) is 17.3 Å². The van der Waals surface area contributed by atoms with Crippen LogP contribution in [0.25, 0.3) is 0 Å². The van der Waals surface area contributed by atoms with E-state index < -0.39 is 15.6 Å². The van der Waals surface area contributed by atoms with E-state index in [-0.39, 0.29) is 10.8 Å². The SMILES string of the molecule is CCOc1ccc2c(c1)C(C)CC(C)(C)N2S(=O)(=O)c1ccc(Cl)cc1. The molecule has 140 valence electrons. The van der Waals surface area contributed by atoms with Crippen LogP contribution in [0.5, 0.6) is 5.75 Å². The van der Waals surface area contributed by atoms with Crippen molar-refractivity contribution in [2.45, 2.75) is 50.5 Å². The molecule has 0 N–H and O–H groups in total. The van der Waals surface area contributed by atoms with Gasteiger partial charge in [0.05, 0.1) is 22.7 Å². The Kier molecular flexibility index (Phi) is 4.97. The minimum Gasteiger partial charge on any atom is -0.494 e. The molecule has 26 heavy (non-hydrogen) atoms. The lowest BCUT2D eigenvalue weighted by Crippen LogP contribution is -2.51. The Labute approximate surface area is 160 Å². The molecule has 0 amide bonds. The third kappa shape index (κ3) is 3.30. The molecule has 0 bridgehead atoms.